The first-order valence-electron chi connectivity index (χ1n) is 15.4. The third kappa shape index (κ3) is 9.34. The Morgan fingerprint density at radius 3 is 2.16 bits per heavy atom. The number of fused-ring (bicyclic) bond motifs is 1. The minimum absolute atomic E-state index is 0.0470. The zero-order valence-electron chi connectivity index (χ0n) is 27.5. The molecule has 0 saturated heterocycles. The zero-order valence-corrected chi connectivity index (χ0v) is 27.5. The molecule has 246 valence electrons. The highest BCUT2D eigenvalue weighted by Gasteiger charge is 2.27. The molecule has 0 radical (unpaired) electrons. The maximum absolute atomic E-state index is 13.0. The Hall–Kier alpha value is -4.32. The molecule has 0 bridgehead atoms. The lowest BCUT2D eigenvalue weighted by molar-refractivity contribution is -0.128. The summed E-state index contributed by atoms with van der Waals surface area (Å²) in [6.45, 7) is 14.1. The van der Waals surface area contributed by atoms with E-state index in [-0.39, 0.29) is 29.7 Å². The van der Waals surface area contributed by atoms with Gasteiger partial charge in [0.1, 0.15) is 11.8 Å². The van der Waals surface area contributed by atoms with Crippen molar-refractivity contribution in [1.82, 2.24) is 15.4 Å². The first-order chi connectivity index (χ1) is 21.3. The average Bonchev–Trinajstić information content (AvgIpc) is 3.38. The predicted molar refractivity (Wildman–Crippen MR) is 173 cm³/mol. The summed E-state index contributed by atoms with van der Waals surface area (Å²) >= 11 is 0. The lowest BCUT2D eigenvalue weighted by Crippen LogP contribution is -2.51. The minimum atomic E-state index is -0.781. The van der Waals surface area contributed by atoms with Gasteiger partial charge in [-0.25, -0.2) is 0 Å². The van der Waals surface area contributed by atoms with Crippen molar-refractivity contribution in [3.63, 3.8) is 0 Å². The lowest BCUT2D eigenvalue weighted by atomic mass is 10.0. The van der Waals surface area contributed by atoms with Gasteiger partial charge in [-0.1, -0.05) is 19.0 Å². The molecule has 1 heterocycles. The van der Waals surface area contributed by atoms with Crippen LogP contribution in [0.1, 0.15) is 71.7 Å². The highest BCUT2D eigenvalue weighted by molar-refractivity contribution is 6.02. The average molecular weight is 626 g/mol. The number of rotatable bonds is 16. The molecule has 2 aromatic carbocycles. The Labute approximate surface area is 264 Å². The van der Waals surface area contributed by atoms with Crippen molar-refractivity contribution in [3.05, 3.63) is 42.0 Å². The molecule has 0 fully saturated rings. The normalized spacial score (nSPS) is 12.7. The largest absolute Gasteiger partial charge is 0.493 e. The summed E-state index contributed by atoms with van der Waals surface area (Å²) in [5.41, 5.74) is 6.64. The Morgan fingerprint density at radius 2 is 1.56 bits per heavy atom. The first kappa shape index (κ1) is 35.2. The fourth-order valence-electron chi connectivity index (χ4n) is 4.82. The van der Waals surface area contributed by atoms with Crippen LogP contribution >= 0.6 is 0 Å². The van der Waals surface area contributed by atoms with Crippen molar-refractivity contribution in [2.75, 3.05) is 25.6 Å². The van der Waals surface area contributed by atoms with Crippen LogP contribution in [0.15, 0.2) is 40.9 Å². The van der Waals surface area contributed by atoms with E-state index in [4.69, 9.17) is 24.5 Å². The number of methoxy groups -OCH3 is 1. The molecule has 2 unspecified atom stereocenters. The highest BCUT2D eigenvalue weighted by Crippen LogP contribution is 2.30. The first-order valence-corrected chi connectivity index (χ1v) is 15.4. The summed E-state index contributed by atoms with van der Waals surface area (Å²) in [4.78, 5) is 39.8. The van der Waals surface area contributed by atoms with E-state index < -0.39 is 23.9 Å². The van der Waals surface area contributed by atoms with Crippen molar-refractivity contribution >= 4 is 34.5 Å². The van der Waals surface area contributed by atoms with Gasteiger partial charge in [-0.2, -0.15) is 0 Å². The number of aromatic nitrogens is 1. The third-order valence-corrected chi connectivity index (χ3v) is 7.17. The van der Waals surface area contributed by atoms with Crippen molar-refractivity contribution < 1.29 is 33.1 Å². The van der Waals surface area contributed by atoms with Crippen molar-refractivity contribution in [3.8, 4) is 17.2 Å². The van der Waals surface area contributed by atoms with Crippen LogP contribution in [0.4, 0.5) is 5.82 Å². The second-order valence-corrected chi connectivity index (χ2v) is 11.9. The number of nitrogens with two attached hydrogens (primary N) is 1. The molecule has 0 aliphatic rings. The van der Waals surface area contributed by atoms with Crippen LogP contribution in [-0.2, 0) is 9.59 Å². The molecular weight excluding hydrogens is 578 g/mol. The van der Waals surface area contributed by atoms with Gasteiger partial charge in [0.05, 0.1) is 31.8 Å². The molecule has 0 aliphatic heterocycles. The minimum Gasteiger partial charge on any atom is -0.493 e. The van der Waals surface area contributed by atoms with Crippen molar-refractivity contribution in [2.45, 2.75) is 85.5 Å². The molecule has 0 saturated carbocycles. The van der Waals surface area contributed by atoms with E-state index in [1.54, 1.807) is 50.4 Å². The number of nitrogens with one attached hydrogen (secondary N) is 2. The summed E-state index contributed by atoms with van der Waals surface area (Å²) in [6, 6.07) is 9.13. The molecule has 3 rings (SSSR count). The maximum atomic E-state index is 13.0. The van der Waals surface area contributed by atoms with E-state index in [9.17, 15) is 14.4 Å². The molecule has 12 nitrogen and oxygen atoms in total. The molecule has 4 N–H and O–H groups in total. The number of anilines is 1. The number of nitrogens with zero attached hydrogens (tertiary/aromatic N) is 2. The van der Waals surface area contributed by atoms with Crippen LogP contribution in [0.2, 0.25) is 0 Å². The van der Waals surface area contributed by atoms with E-state index in [0.29, 0.717) is 47.0 Å². The predicted octanol–water partition coefficient (Wildman–Crippen LogP) is 4.76. The van der Waals surface area contributed by atoms with E-state index in [0.717, 1.165) is 12.8 Å². The number of hydrogen-bond acceptors (Lipinski definition) is 9. The summed E-state index contributed by atoms with van der Waals surface area (Å²) in [5, 5.41) is 10.0. The van der Waals surface area contributed by atoms with Gasteiger partial charge in [0.2, 0.25) is 11.8 Å². The molecule has 3 aromatic rings. The summed E-state index contributed by atoms with van der Waals surface area (Å²) in [7, 11) is 1.56. The van der Waals surface area contributed by atoms with Crippen LogP contribution in [0, 0.1) is 5.92 Å². The van der Waals surface area contributed by atoms with Crippen LogP contribution in [0.3, 0.4) is 0 Å². The molecular formula is C33H47N5O7. The number of ether oxygens (including phenoxy) is 3. The van der Waals surface area contributed by atoms with E-state index in [1.165, 1.54) is 0 Å². The molecule has 0 aliphatic carbocycles. The Kier molecular flexibility index (Phi) is 12.6. The molecule has 12 heteroatoms. The van der Waals surface area contributed by atoms with Gasteiger partial charge >= 0.3 is 0 Å². The smallest absolute Gasteiger partial charge is 0.254 e. The third-order valence-electron chi connectivity index (χ3n) is 7.17. The number of hydrogen-bond donors (Lipinski definition) is 3. The topological polar surface area (TPSA) is 158 Å². The van der Waals surface area contributed by atoms with Crippen LogP contribution in [0.5, 0.6) is 17.2 Å². The Balaban J connectivity index is 1.50. The van der Waals surface area contributed by atoms with Crippen LogP contribution < -0.4 is 30.6 Å². The lowest BCUT2D eigenvalue weighted by Gasteiger charge is -2.31. The number of carbonyl (C=O) groups excluding carboxylic acids is 3. The Morgan fingerprint density at radius 1 is 0.889 bits per heavy atom. The van der Waals surface area contributed by atoms with Crippen LogP contribution in [0.25, 0.3) is 11.0 Å². The number of amides is 3. The highest BCUT2D eigenvalue weighted by atomic mass is 16.5. The van der Waals surface area contributed by atoms with Gasteiger partial charge in [-0.3, -0.25) is 14.4 Å². The van der Waals surface area contributed by atoms with E-state index in [2.05, 4.69) is 15.8 Å². The maximum Gasteiger partial charge on any atom is 0.254 e. The van der Waals surface area contributed by atoms with Gasteiger partial charge in [-0.15, -0.1) is 0 Å². The summed E-state index contributed by atoms with van der Waals surface area (Å²) in [6.07, 6.45) is 1.46. The monoisotopic (exact) mass is 625 g/mol. The number of unbranched alkanes of at least 4 members (excludes halogenated alkanes) is 1. The summed E-state index contributed by atoms with van der Waals surface area (Å²) < 4.78 is 22.7. The molecule has 45 heavy (non-hydrogen) atoms. The quantitative estimate of drug-likeness (QED) is 0.191. The van der Waals surface area contributed by atoms with Gasteiger partial charge in [0.25, 0.3) is 5.91 Å². The van der Waals surface area contributed by atoms with Gasteiger partial charge in [-0.05, 0) is 83.7 Å². The summed E-state index contributed by atoms with van der Waals surface area (Å²) in [5.74, 6) is 0.895. The standard InChI is InChI=1S/C33H47N5O7/c1-19(2)29(35-31(39)22(7)34)32(40)36-30-25-13-12-24(18-27(25)45-37-30)43-15-9-10-16-44-26-14-11-23(17-28(26)42-8)33(41)38(20(3)4)21(5)6/h11-14,17-22,29H,9-10,15-16,34H2,1-8H3,(H,35,39)(H,36,37,40). The molecule has 2 atom stereocenters. The SMILES string of the molecule is COc1cc(C(=O)N(C(C)C)C(C)C)ccc1OCCCCOc1ccc2c(NC(=O)C(NC(=O)C(C)N)C(C)C)noc2c1. The van der Waals surface area contributed by atoms with Crippen molar-refractivity contribution in [1.29, 1.82) is 0 Å². The van der Waals surface area contributed by atoms with Crippen LogP contribution in [-0.4, -0.2) is 72.3 Å². The number of benzene rings is 2. The molecule has 3 amide bonds. The van der Waals surface area contributed by atoms with E-state index >= 15 is 0 Å². The van der Waals surface area contributed by atoms with Gasteiger partial charge in [0, 0.05) is 23.7 Å². The van der Waals surface area contributed by atoms with Gasteiger partial charge < -0.3 is 40.0 Å². The molecule has 0 spiro atoms. The molecule has 1 aromatic heterocycles. The van der Waals surface area contributed by atoms with Gasteiger partial charge in [0.15, 0.2) is 22.9 Å². The number of carbonyl (C=O) groups is 3. The fourth-order valence-corrected chi connectivity index (χ4v) is 4.82. The second kappa shape index (κ2) is 16.1. The zero-order chi connectivity index (χ0) is 33.3. The van der Waals surface area contributed by atoms with Crippen molar-refractivity contribution in [2.24, 2.45) is 11.7 Å². The Bertz CT molecular complexity index is 1440. The van der Waals surface area contributed by atoms with E-state index in [1.807, 2.05) is 46.4 Å². The fraction of sp³-hybridized carbons (Fsp3) is 0.515. The second-order valence-electron chi connectivity index (χ2n) is 11.9.